The monoisotopic (exact) mass is 174 g/mol. The van der Waals surface area contributed by atoms with Gasteiger partial charge < -0.3 is 14.6 Å². The van der Waals surface area contributed by atoms with Crippen LogP contribution in [0.5, 0.6) is 0 Å². The lowest BCUT2D eigenvalue weighted by atomic mass is 10.2. The number of hydrogen-bond donors (Lipinski definition) is 1. The van der Waals surface area contributed by atoms with Crippen LogP contribution in [0.15, 0.2) is 0 Å². The molecule has 2 atom stereocenters. The second kappa shape index (κ2) is 4.80. The molecule has 0 amide bonds. The Bertz CT molecular complexity index is 102. The topological polar surface area (TPSA) is 38.7 Å². The summed E-state index contributed by atoms with van der Waals surface area (Å²) in [5.41, 5.74) is 0. The first-order valence-corrected chi connectivity index (χ1v) is 4.61. The predicted molar refractivity (Wildman–Crippen MR) is 46.1 cm³/mol. The molecule has 1 N–H and O–H groups in total. The van der Waals surface area contributed by atoms with E-state index in [1.165, 1.54) is 0 Å². The van der Waals surface area contributed by atoms with Crippen LogP contribution in [-0.2, 0) is 9.47 Å². The van der Waals surface area contributed by atoms with Crippen molar-refractivity contribution in [2.45, 2.75) is 45.0 Å². The summed E-state index contributed by atoms with van der Waals surface area (Å²) in [6.07, 6.45) is 2.97. The Morgan fingerprint density at radius 2 is 1.42 bits per heavy atom. The standard InChI is InChI=1S/C6H10O2.C3H8O/c1-3-7-6-2-4-8-5(1)6;1-3(2)4/h5-6H,1-4H2;3-4H,1-2H3/t5-,6-;/m1./s1. The molecule has 2 aliphatic heterocycles. The molecule has 0 bridgehead atoms. The third-order valence-corrected chi connectivity index (χ3v) is 1.88. The van der Waals surface area contributed by atoms with Crippen molar-refractivity contribution < 1.29 is 14.6 Å². The zero-order valence-electron chi connectivity index (χ0n) is 7.82. The van der Waals surface area contributed by atoms with E-state index >= 15 is 0 Å². The van der Waals surface area contributed by atoms with Crippen molar-refractivity contribution >= 4 is 0 Å². The minimum absolute atomic E-state index is 0.167. The van der Waals surface area contributed by atoms with E-state index in [0.717, 1.165) is 26.1 Å². The molecule has 3 nitrogen and oxygen atoms in total. The number of aliphatic hydroxyl groups excluding tert-OH is 1. The molecule has 2 aliphatic rings. The largest absolute Gasteiger partial charge is 0.394 e. The molecule has 0 aromatic carbocycles. The highest BCUT2D eigenvalue weighted by atomic mass is 16.6. The second-order valence-electron chi connectivity index (χ2n) is 3.49. The first-order valence-electron chi connectivity index (χ1n) is 4.61. The van der Waals surface area contributed by atoms with Gasteiger partial charge in [0, 0.05) is 19.3 Å². The summed E-state index contributed by atoms with van der Waals surface area (Å²) < 4.78 is 10.7. The van der Waals surface area contributed by atoms with Crippen molar-refractivity contribution in [3.05, 3.63) is 0 Å². The van der Waals surface area contributed by atoms with E-state index in [1.54, 1.807) is 13.8 Å². The maximum atomic E-state index is 8.06. The molecule has 2 fully saturated rings. The average molecular weight is 174 g/mol. The van der Waals surface area contributed by atoms with E-state index in [0.29, 0.717) is 12.2 Å². The minimum atomic E-state index is -0.167. The minimum Gasteiger partial charge on any atom is -0.394 e. The predicted octanol–water partition coefficient (Wildman–Crippen LogP) is 0.951. The summed E-state index contributed by atoms with van der Waals surface area (Å²) in [4.78, 5) is 0. The molecular formula is C9H18O3. The van der Waals surface area contributed by atoms with Gasteiger partial charge >= 0.3 is 0 Å². The van der Waals surface area contributed by atoms with Gasteiger partial charge in [0.25, 0.3) is 0 Å². The Hall–Kier alpha value is -0.120. The van der Waals surface area contributed by atoms with Crippen LogP contribution in [0, 0.1) is 0 Å². The molecule has 0 aromatic rings. The molecule has 12 heavy (non-hydrogen) atoms. The highest BCUT2D eigenvalue weighted by molar-refractivity contribution is 4.81. The van der Waals surface area contributed by atoms with Gasteiger partial charge in [-0.15, -0.1) is 0 Å². The van der Waals surface area contributed by atoms with E-state index in [2.05, 4.69) is 0 Å². The van der Waals surface area contributed by atoms with Crippen LogP contribution < -0.4 is 0 Å². The summed E-state index contributed by atoms with van der Waals surface area (Å²) in [5, 5.41) is 8.06. The molecule has 72 valence electrons. The van der Waals surface area contributed by atoms with Crippen LogP contribution in [0.2, 0.25) is 0 Å². The van der Waals surface area contributed by atoms with Crippen molar-refractivity contribution in [1.29, 1.82) is 0 Å². The van der Waals surface area contributed by atoms with Crippen molar-refractivity contribution in [3.8, 4) is 0 Å². The van der Waals surface area contributed by atoms with Crippen molar-refractivity contribution in [3.63, 3.8) is 0 Å². The Morgan fingerprint density at radius 3 is 1.75 bits per heavy atom. The van der Waals surface area contributed by atoms with E-state index in [9.17, 15) is 0 Å². The molecule has 0 aromatic heterocycles. The Kier molecular flexibility index (Phi) is 3.98. The lowest BCUT2D eigenvalue weighted by molar-refractivity contribution is 0.0732. The fourth-order valence-corrected chi connectivity index (χ4v) is 1.42. The van der Waals surface area contributed by atoms with Gasteiger partial charge in [-0.05, 0) is 26.7 Å². The van der Waals surface area contributed by atoms with Gasteiger partial charge in [0.15, 0.2) is 0 Å². The lowest BCUT2D eigenvalue weighted by Gasteiger charge is -2.03. The quantitative estimate of drug-likeness (QED) is 0.594. The van der Waals surface area contributed by atoms with Crippen LogP contribution in [0.1, 0.15) is 26.7 Å². The Morgan fingerprint density at radius 1 is 1.08 bits per heavy atom. The molecular weight excluding hydrogens is 156 g/mol. The lowest BCUT2D eigenvalue weighted by Crippen LogP contribution is -2.13. The molecule has 2 rings (SSSR count). The van der Waals surface area contributed by atoms with Gasteiger partial charge in [0.1, 0.15) is 0 Å². The summed E-state index contributed by atoms with van der Waals surface area (Å²) in [6.45, 7) is 5.27. The summed E-state index contributed by atoms with van der Waals surface area (Å²) in [6, 6.07) is 0. The van der Waals surface area contributed by atoms with Gasteiger partial charge in [0.2, 0.25) is 0 Å². The van der Waals surface area contributed by atoms with Crippen LogP contribution >= 0.6 is 0 Å². The summed E-state index contributed by atoms with van der Waals surface area (Å²) >= 11 is 0. The van der Waals surface area contributed by atoms with Gasteiger partial charge in [0.05, 0.1) is 12.2 Å². The fourth-order valence-electron chi connectivity index (χ4n) is 1.42. The molecule has 0 unspecified atom stereocenters. The van der Waals surface area contributed by atoms with E-state index < -0.39 is 0 Å². The van der Waals surface area contributed by atoms with Crippen molar-refractivity contribution in [1.82, 2.24) is 0 Å². The van der Waals surface area contributed by atoms with Crippen LogP contribution in [0.4, 0.5) is 0 Å². The first-order chi connectivity index (χ1) is 5.70. The number of fused-ring (bicyclic) bond motifs is 1. The van der Waals surface area contributed by atoms with Crippen LogP contribution in [-0.4, -0.2) is 36.6 Å². The zero-order chi connectivity index (χ0) is 8.97. The van der Waals surface area contributed by atoms with Crippen LogP contribution in [0.25, 0.3) is 0 Å². The van der Waals surface area contributed by atoms with Gasteiger partial charge in [-0.1, -0.05) is 0 Å². The number of rotatable bonds is 0. The highest BCUT2D eigenvalue weighted by Gasteiger charge is 2.33. The fraction of sp³-hybridized carbons (Fsp3) is 1.00. The molecule has 2 heterocycles. The van der Waals surface area contributed by atoms with E-state index in [4.69, 9.17) is 14.6 Å². The Balaban J connectivity index is 0.000000157. The summed E-state index contributed by atoms with van der Waals surface area (Å²) in [7, 11) is 0. The molecule has 2 saturated heterocycles. The second-order valence-corrected chi connectivity index (χ2v) is 3.49. The normalized spacial score (nSPS) is 33.0. The SMILES string of the molecule is C1C[C@H]2OCC[C@H]2O1.CC(C)O. The molecule has 3 heteroatoms. The van der Waals surface area contributed by atoms with Crippen LogP contribution in [0.3, 0.4) is 0 Å². The molecule has 0 aliphatic carbocycles. The smallest absolute Gasteiger partial charge is 0.0859 e. The van der Waals surface area contributed by atoms with Crippen molar-refractivity contribution in [2.75, 3.05) is 13.2 Å². The molecule has 0 spiro atoms. The van der Waals surface area contributed by atoms with E-state index in [1.807, 2.05) is 0 Å². The number of aliphatic hydroxyl groups is 1. The average Bonchev–Trinajstić information content (AvgIpc) is 2.40. The van der Waals surface area contributed by atoms with Gasteiger partial charge in [-0.3, -0.25) is 0 Å². The third-order valence-electron chi connectivity index (χ3n) is 1.88. The first kappa shape index (κ1) is 9.96. The number of hydrogen-bond acceptors (Lipinski definition) is 3. The summed E-state index contributed by atoms with van der Waals surface area (Å²) in [5.74, 6) is 0. The highest BCUT2D eigenvalue weighted by Crippen LogP contribution is 2.25. The maximum Gasteiger partial charge on any atom is 0.0859 e. The molecule has 0 saturated carbocycles. The molecule has 0 radical (unpaired) electrons. The number of ether oxygens (including phenoxy) is 2. The third kappa shape index (κ3) is 3.09. The van der Waals surface area contributed by atoms with Gasteiger partial charge in [-0.25, -0.2) is 0 Å². The van der Waals surface area contributed by atoms with Crippen molar-refractivity contribution in [2.24, 2.45) is 0 Å². The Labute approximate surface area is 73.7 Å². The van der Waals surface area contributed by atoms with E-state index in [-0.39, 0.29) is 6.10 Å². The maximum absolute atomic E-state index is 8.06. The zero-order valence-corrected chi connectivity index (χ0v) is 7.82. The van der Waals surface area contributed by atoms with Gasteiger partial charge in [-0.2, -0.15) is 0 Å².